The number of nitrogens with two attached hydrogens (primary N) is 1. The quantitative estimate of drug-likeness (QED) is 0.476. The van der Waals surface area contributed by atoms with Crippen LogP contribution in [0.5, 0.6) is 0 Å². The van der Waals surface area contributed by atoms with Gasteiger partial charge < -0.3 is 26.1 Å². The summed E-state index contributed by atoms with van der Waals surface area (Å²) in [7, 11) is 0. The van der Waals surface area contributed by atoms with Crippen molar-refractivity contribution in [3.63, 3.8) is 0 Å². The fourth-order valence-corrected chi connectivity index (χ4v) is 1.62. The van der Waals surface area contributed by atoms with E-state index >= 15 is 0 Å². The van der Waals surface area contributed by atoms with Crippen LogP contribution >= 0.6 is 0 Å². The molecule has 2 rings (SSSR count). The lowest BCUT2D eigenvalue weighted by molar-refractivity contribution is -0.0441. The van der Waals surface area contributed by atoms with Crippen LogP contribution in [0.25, 0.3) is 0 Å². The summed E-state index contributed by atoms with van der Waals surface area (Å²) in [6, 6.07) is 1.39. The van der Waals surface area contributed by atoms with Crippen LogP contribution in [-0.2, 0) is 4.74 Å². The fraction of sp³-hybridized carbons (Fsp3) is 0.444. The smallest absolute Gasteiger partial charge is 0.351 e. The molecule has 3 atom stereocenters. The topological polar surface area (TPSA) is 134 Å². The molecule has 2 heterocycles. The highest BCUT2D eigenvalue weighted by atomic mass is 16.5. The highest BCUT2D eigenvalue weighted by molar-refractivity contribution is 5.90. The number of nitrogen functional groups attached to an aromatic ring is 1. The molecule has 0 bridgehead atoms. The molecule has 0 radical (unpaired) electrons. The molecule has 0 unspecified atom stereocenters. The first-order chi connectivity index (χ1) is 8.04. The van der Waals surface area contributed by atoms with Gasteiger partial charge >= 0.3 is 5.69 Å². The zero-order valence-corrected chi connectivity index (χ0v) is 8.78. The number of nitrogens with zero attached hydrogens (tertiary/aromatic N) is 2. The normalized spacial score (nSPS) is 28.6. The van der Waals surface area contributed by atoms with E-state index < -0.39 is 30.7 Å². The van der Waals surface area contributed by atoms with Gasteiger partial charge in [0.25, 0.3) is 0 Å². The Morgan fingerprint density at radius 1 is 1.65 bits per heavy atom. The number of aliphatic hydroxyl groups excluding tert-OH is 2. The maximum atomic E-state index is 11.5. The first-order valence-corrected chi connectivity index (χ1v) is 4.92. The molecule has 1 fully saturated rings. The summed E-state index contributed by atoms with van der Waals surface area (Å²) in [4.78, 5) is 15.0. The van der Waals surface area contributed by atoms with Gasteiger partial charge in [0.15, 0.2) is 6.23 Å². The molecule has 0 amide bonds. The van der Waals surface area contributed by atoms with Gasteiger partial charge in [0.2, 0.25) is 0 Å². The lowest BCUT2D eigenvalue weighted by Crippen LogP contribution is -2.32. The average Bonchev–Trinajstić information content (AvgIpc) is 2.57. The van der Waals surface area contributed by atoms with Crippen molar-refractivity contribution in [2.24, 2.45) is 0 Å². The lowest BCUT2D eigenvalue weighted by atomic mass is 10.1. The molecule has 0 aromatic carbocycles. The van der Waals surface area contributed by atoms with E-state index in [1.54, 1.807) is 0 Å². The molecule has 0 spiro atoms. The summed E-state index contributed by atoms with van der Waals surface area (Å²) in [5.74, 6) is 0.0648. The van der Waals surface area contributed by atoms with Crippen molar-refractivity contribution in [2.75, 3.05) is 12.3 Å². The van der Waals surface area contributed by atoms with Crippen molar-refractivity contribution in [1.29, 1.82) is 5.41 Å². The predicted octanol–water partition coefficient (Wildman–Crippen LogP) is -1.90. The van der Waals surface area contributed by atoms with Gasteiger partial charge in [-0.25, -0.2) is 4.79 Å². The summed E-state index contributed by atoms with van der Waals surface area (Å²) >= 11 is 0. The van der Waals surface area contributed by atoms with E-state index in [0.29, 0.717) is 0 Å². The van der Waals surface area contributed by atoms with Crippen molar-refractivity contribution >= 4 is 11.5 Å². The van der Waals surface area contributed by atoms with Gasteiger partial charge in [0, 0.05) is 6.20 Å². The van der Waals surface area contributed by atoms with Gasteiger partial charge in [-0.3, -0.25) is 4.57 Å². The maximum absolute atomic E-state index is 11.5. The molecule has 1 aromatic heterocycles. The second-order valence-electron chi connectivity index (χ2n) is 3.65. The summed E-state index contributed by atoms with van der Waals surface area (Å²) in [6.45, 7) is -0.433. The van der Waals surface area contributed by atoms with Crippen LogP contribution in [0.1, 0.15) is 6.23 Å². The molecule has 0 saturated carbocycles. The van der Waals surface area contributed by atoms with Crippen LogP contribution in [0.2, 0.25) is 0 Å². The Bertz CT molecular complexity index is 500. The van der Waals surface area contributed by atoms with Crippen molar-refractivity contribution in [3.05, 3.63) is 22.7 Å². The predicted molar refractivity (Wildman–Crippen MR) is 57.6 cm³/mol. The third-order valence-corrected chi connectivity index (χ3v) is 2.52. The Kier molecular flexibility index (Phi) is 2.92. The molecule has 1 aliphatic rings. The Balaban J connectivity index is 2.35. The second-order valence-corrected chi connectivity index (χ2v) is 3.65. The zero-order chi connectivity index (χ0) is 12.6. The molecular formula is C9H12N4O4. The third kappa shape index (κ3) is 1.93. The first-order valence-electron chi connectivity index (χ1n) is 4.92. The summed E-state index contributed by atoms with van der Waals surface area (Å²) in [5.41, 5.74) is 4.46. The van der Waals surface area contributed by atoms with Crippen LogP contribution < -0.4 is 11.4 Å². The summed E-state index contributed by atoms with van der Waals surface area (Å²) in [6.07, 6.45) is -1.86. The number of aromatic nitrogens is 2. The summed E-state index contributed by atoms with van der Waals surface area (Å²) < 4.78 is 6.24. The number of hydrogen-bond donors (Lipinski definition) is 4. The van der Waals surface area contributed by atoms with Gasteiger partial charge in [0.05, 0.1) is 12.3 Å². The molecule has 0 aliphatic carbocycles. The highest BCUT2D eigenvalue weighted by Gasteiger charge is 2.40. The van der Waals surface area contributed by atoms with E-state index in [4.69, 9.17) is 21.0 Å². The number of ether oxygens (including phenoxy) is 1. The van der Waals surface area contributed by atoms with Gasteiger partial charge in [-0.1, -0.05) is 0 Å². The van der Waals surface area contributed by atoms with Crippen molar-refractivity contribution in [2.45, 2.75) is 18.4 Å². The van der Waals surface area contributed by atoms with Crippen molar-refractivity contribution < 1.29 is 14.9 Å². The Morgan fingerprint density at radius 3 is 2.88 bits per heavy atom. The van der Waals surface area contributed by atoms with Crippen LogP contribution in [0.15, 0.2) is 17.1 Å². The molecule has 92 valence electrons. The van der Waals surface area contributed by atoms with Gasteiger partial charge in [-0.2, -0.15) is 4.98 Å². The fourth-order valence-electron chi connectivity index (χ4n) is 1.62. The van der Waals surface area contributed by atoms with E-state index in [0.717, 1.165) is 4.57 Å². The molecular weight excluding hydrogens is 228 g/mol. The standard InChI is InChI=1S/C9H12N4O4/c10-5-1-2-13(9(16)12-5)8-6(11)7(15)4(3-14)17-8/h1-2,4,7-8,11,14-15H,3H2,(H2,10,12,16)/t4-,7-,8-/m1/s1. The number of hydrogen-bond acceptors (Lipinski definition) is 7. The van der Waals surface area contributed by atoms with Crippen molar-refractivity contribution in [3.8, 4) is 0 Å². The summed E-state index contributed by atoms with van der Waals surface area (Å²) in [5, 5.41) is 26.1. The SMILES string of the molecule is N=C1[C@H](n2ccc(N)nc2=O)O[C@H](CO)[C@H]1O. The van der Waals surface area contributed by atoms with Gasteiger partial charge in [-0.05, 0) is 6.07 Å². The highest BCUT2D eigenvalue weighted by Crippen LogP contribution is 2.24. The molecule has 1 saturated heterocycles. The zero-order valence-electron chi connectivity index (χ0n) is 8.78. The molecule has 8 nitrogen and oxygen atoms in total. The molecule has 1 aliphatic heterocycles. The monoisotopic (exact) mass is 240 g/mol. The molecule has 8 heteroatoms. The molecule has 5 N–H and O–H groups in total. The van der Waals surface area contributed by atoms with E-state index in [1.807, 2.05) is 0 Å². The minimum Gasteiger partial charge on any atom is -0.394 e. The molecule has 17 heavy (non-hydrogen) atoms. The second kappa shape index (κ2) is 4.24. The third-order valence-electron chi connectivity index (χ3n) is 2.52. The minimum atomic E-state index is -1.23. The largest absolute Gasteiger partial charge is 0.394 e. The number of nitrogens with one attached hydrogen (secondary N) is 1. The lowest BCUT2D eigenvalue weighted by Gasteiger charge is -2.13. The number of rotatable bonds is 2. The van der Waals surface area contributed by atoms with Gasteiger partial charge in [-0.15, -0.1) is 0 Å². The Morgan fingerprint density at radius 2 is 2.35 bits per heavy atom. The van der Waals surface area contributed by atoms with Gasteiger partial charge in [0.1, 0.15) is 18.0 Å². The van der Waals surface area contributed by atoms with E-state index in [9.17, 15) is 9.90 Å². The minimum absolute atomic E-state index is 0.0648. The van der Waals surface area contributed by atoms with Crippen LogP contribution in [0.3, 0.4) is 0 Å². The maximum Gasteiger partial charge on any atom is 0.351 e. The first kappa shape index (κ1) is 11.7. The van der Waals surface area contributed by atoms with E-state index in [2.05, 4.69) is 4.98 Å². The Labute approximate surface area is 95.8 Å². The van der Waals surface area contributed by atoms with Crippen LogP contribution in [0, 0.1) is 5.41 Å². The average molecular weight is 240 g/mol. The van der Waals surface area contributed by atoms with E-state index in [1.165, 1.54) is 12.3 Å². The van der Waals surface area contributed by atoms with Crippen molar-refractivity contribution in [1.82, 2.24) is 9.55 Å². The van der Waals surface area contributed by atoms with Crippen LogP contribution in [0.4, 0.5) is 5.82 Å². The molecule has 1 aromatic rings. The number of anilines is 1. The van der Waals surface area contributed by atoms with Crippen LogP contribution in [-0.4, -0.2) is 44.3 Å². The number of aliphatic hydroxyl groups is 2. The van der Waals surface area contributed by atoms with E-state index in [-0.39, 0.29) is 11.5 Å². The Hall–Kier alpha value is -1.77.